The molecule has 0 heterocycles. The van der Waals surface area contributed by atoms with E-state index >= 15 is 0 Å². The van der Waals surface area contributed by atoms with E-state index in [9.17, 15) is 18.4 Å². The summed E-state index contributed by atoms with van der Waals surface area (Å²) < 4.78 is 26.7. The van der Waals surface area contributed by atoms with Crippen LogP contribution in [-0.4, -0.2) is 17.0 Å². The predicted molar refractivity (Wildman–Crippen MR) is 61.1 cm³/mol. The van der Waals surface area contributed by atoms with Gasteiger partial charge >= 0.3 is 5.97 Å². The Kier molecular flexibility index (Phi) is 3.69. The monoisotopic (exact) mass is 257 g/mol. The average Bonchev–Trinajstić information content (AvgIpc) is 2.25. The third-order valence-electron chi connectivity index (χ3n) is 2.60. The Labute approximate surface area is 103 Å². The molecule has 1 rings (SSSR count). The van der Waals surface area contributed by atoms with Crippen molar-refractivity contribution in [1.82, 2.24) is 0 Å². The Balaban J connectivity index is 3.03. The second-order valence-electron chi connectivity index (χ2n) is 4.47. The van der Waals surface area contributed by atoms with Gasteiger partial charge in [-0.3, -0.25) is 9.59 Å². The Morgan fingerprint density at radius 1 is 1.22 bits per heavy atom. The molecule has 0 spiro atoms. The first-order chi connectivity index (χ1) is 8.16. The van der Waals surface area contributed by atoms with Crippen molar-refractivity contribution < 1.29 is 23.5 Å². The van der Waals surface area contributed by atoms with Crippen molar-refractivity contribution >= 4 is 17.6 Å². The number of amides is 1. The van der Waals surface area contributed by atoms with Gasteiger partial charge in [-0.25, -0.2) is 8.78 Å². The normalized spacial score (nSPS) is 11.2. The van der Waals surface area contributed by atoms with Crippen LogP contribution in [0.1, 0.15) is 19.4 Å². The van der Waals surface area contributed by atoms with Crippen LogP contribution in [0, 0.1) is 24.0 Å². The molecule has 0 aromatic heterocycles. The van der Waals surface area contributed by atoms with Crippen molar-refractivity contribution in [1.29, 1.82) is 0 Å². The van der Waals surface area contributed by atoms with Crippen molar-refractivity contribution in [2.75, 3.05) is 5.32 Å². The summed E-state index contributed by atoms with van der Waals surface area (Å²) in [4.78, 5) is 22.5. The number of hydrogen-bond donors (Lipinski definition) is 2. The zero-order chi connectivity index (χ0) is 14.1. The van der Waals surface area contributed by atoms with Crippen LogP contribution < -0.4 is 5.32 Å². The first-order valence-electron chi connectivity index (χ1n) is 5.16. The molecular formula is C12H13F2NO3. The molecule has 18 heavy (non-hydrogen) atoms. The number of carbonyl (C=O) groups excluding carboxylic acids is 1. The molecule has 0 saturated carbocycles. The third-order valence-corrected chi connectivity index (χ3v) is 2.60. The summed E-state index contributed by atoms with van der Waals surface area (Å²) in [6, 6.07) is 1.75. The van der Waals surface area contributed by atoms with Gasteiger partial charge in [0.15, 0.2) is 0 Å². The smallest absolute Gasteiger partial charge is 0.318 e. The van der Waals surface area contributed by atoms with Gasteiger partial charge in [-0.2, -0.15) is 0 Å². The average molecular weight is 257 g/mol. The summed E-state index contributed by atoms with van der Waals surface area (Å²) in [6.45, 7) is 3.73. The highest BCUT2D eigenvalue weighted by atomic mass is 19.1. The van der Waals surface area contributed by atoms with E-state index in [1.165, 1.54) is 20.8 Å². The van der Waals surface area contributed by atoms with Crippen molar-refractivity contribution in [3.05, 3.63) is 29.3 Å². The lowest BCUT2D eigenvalue weighted by atomic mass is 9.92. The number of carbonyl (C=O) groups is 2. The van der Waals surface area contributed by atoms with Gasteiger partial charge in [0.25, 0.3) is 0 Å². The molecule has 1 aromatic carbocycles. The number of halogens is 2. The fourth-order valence-corrected chi connectivity index (χ4v) is 1.12. The highest BCUT2D eigenvalue weighted by Gasteiger charge is 2.36. The maximum absolute atomic E-state index is 13.5. The fraction of sp³-hybridized carbons (Fsp3) is 0.333. The molecule has 0 fully saturated rings. The zero-order valence-corrected chi connectivity index (χ0v) is 10.2. The van der Waals surface area contributed by atoms with Gasteiger partial charge in [-0.15, -0.1) is 0 Å². The van der Waals surface area contributed by atoms with Crippen LogP contribution in [-0.2, 0) is 9.59 Å². The van der Waals surface area contributed by atoms with Gasteiger partial charge in [-0.05, 0) is 32.4 Å². The summed E-state index contributed by atoms with van der Waals surface area (Å²) in [7, 11) is 0. The minimum atomic E-state index is -1.73. The summed E-state index contributed by atoms with van der Waals surface area (Å²) in [5.74, 6) is -3.77. The standard InChI is InChI=1S/C12H13F2NO3/c1-6-4-8(14)9(5-7(6)13)15-10(16)12(2,3)11(17)18/h4-5H,1-3H3,(H,15,16)(H,17,18). The third kappa shape index (κ3) is 2.64. The van der Waals surface area contributed by atoms with Crippen LogP contribution in [0.5, 0.6) is 0 Å². The number of rotatable bonds is 3. The summed E-state index contributed by atoms with van der Waals surface area (Å²) in [5, 5.41) is 10.9. The summed E-state index contributed by atoms with van der Waals surface area (Å²) >= 11 is 0. The van der Waals surface area contributed by atoms with Gasteiger partial charge in [-0.1, -0.05) is 0 Å². The van der Waals surface area contributed by atoms with Gasteiger partial charge in [0.2, 0.25) is 5.91 Å². The largest absolute Gasteiger partial charge is 0.480 e. The number of hydrogen-bond acceptors (Lipinski definition) is 2. The minimum Gasteiger partial charge on any atom is -0.480 e. The van der Waals surface area contributed by atoms with Gasteiger partial charge in [0, 0.05) is 6.07 Å². The van der Waals surface area contributed by atoms with Crippen LogP contribution in [0.25, 0.3) is 0 Å². The lowest BCUT2D eigenvalue weighted by molar-refractivity contribution is -0.151. The minimum absolute atomic E-state index is 0.1000. The Bertz CT molecular complexity index is 512. The molecule has 0 aliphatic carbocycles. The molecule has 0 saturated heterocycles. The van der Waals surface area contributed by atoms with E-state index in [1.54, 1.807) is 0 Å². The molecule has 0 bridgehead atoms. The molecule has 0 atom stereocenters. The van der Waals surface area contributed by atoms with Crippen molar-refractivity contribution in [2.45, 2.75) is 20.8 Å². The first-order valence-corrected chi connectivity index (χ1v) is 5.16. The summed E-state index contributed by atoms with van der Waals surface area (Å²) in [5.41, 5.74) is -2.01. The zero-order valence-electron chi connectivity index (χ0n) is 10.2. The van der Waals surface area contributed by atoms with Crippen LogP contribution in [0.3, 0.4) is 0 Å². The fourth-order valence-electron chi connectivity index (χ4n) is 1.12. The van der Waals surface area contributed by atoms with Gasteiger partial charge < -0.3 is 10.4 Å². The highest BCUT2D eigenvalue weighted by molar-refractivity contribution is 6.07. The molecule has 98 valence electrons. The van der Waals surface area contributed by atoms with E-state index < -0.39 is 28.9 Å². The second kappa shape index (κ2) is 4.72. The van der Waals surface area contributed by atoms with E-state index in [4.69, 9.17) is 5.11 Å². The Morgan fingerprint density at radius 2 is 1.78 bits per heavy atom. The van der Waals surface area contributed by atoms with E-state index in [0.717, 1.165) is 12.1 Å². The molecule has 0 aliphatic rings. The van der Waals surface area contributed by atoms with E-state index in [2.05, 4.69) is 5.32 Å². The number of anilines is 1. The van der Waals surface area contributed by atoms with Crippen LogP contribution in [0.2, 0.25) is 0 Å². The SMILES string of the molecule is Cc1cc(F)c(NC(=O)C(C)(C)C(=O)O)cc1F. The molecule has 0 aliphatic heterocycles. The van der Waals surface area contributed by atoms with E-state index in [1.807, 2.05) is 0 Å². The molecule has 1 amide bonds. The Hall–Kier alpha value is -1.98. The first kappa shape index (κ1) is 14.1. The molecule has 0 unspecified atom stereocenters. The Morgan fingerprint density at radius 3 is 2.28 bits per heavy atom. The van der Waals surface area contributed by atoms with Crippen molar-refractivity contribution in [2.24, 2.45) is 5.41 Å². The van der Waals surface area contributed by atoms with Crippen LogP contribution in [0.15, 0.2) is 12.1 Å². The molecule has 1 aromatic rings. The van der Waals surface area contributed by atoms with Crippen molar-refractivity contribution in [3.8, 4) is 0 Å². The van der Waals surface area contributed by atoms with Gasteiger partial charge in [0.1, 0.15) is 17.0 Å². The quantitative estimate of drug-likeness (QED) is 0.817. The summed E-state index contributed by atoms with van der Waals surface area (Å²) in [6.07, 6.45) is 0. The number of nitrogens with one attached hydrogen (secondary N) is 1. The predicted octanol–water partition coefficient (Wildman–Crippen LogP) is 2.32. The topological polar surface area (TPSA) is 66.4 Å². The molecular weight excluding hydrogens is 244 g/mol. The molecule has 4 nitrogen and oxygen atoms in total. The van der Waals surface area contributed by atoms with E-state index in [0.29, 0.717) is 0 Å². The molecule has 0 radical (unpaired) electrons. The van der Waals surface area contributed by atoms with Crippen LogP contribution >= 0.6 is 0 Å². The lowest BCUT2D eigenvalue weighted by Gasteiger charge is -2.18. The number of benzene rings is 1. The highest BCUT2D eigenvalue weighted by Crippen LogP contribution is 2.23. The number of aryl methyl sites for hydroxylation is 1. The second-order valence-corrected chi connectivity index (χ2v) is 4.47. The molecule has 2 N–H and O–H groups in total. The number of carboxylic acid groups (broad SMARTS) is 1. The molecule has 6 heteroatoms. The maximum Gasteiger partial charge on any atom is 0.318 e. The number of carboxylic acids is 1. The number of aliphatic carboxylic acids is 1. The van der Waals surface area contributed by atoms with Crippen LogP contribution in [0.4, 0.5) is 14.5 Å². The van der Waals surface area contributed by atoms with E-state index in [-0.39, 0.29) is 11.3 Å². The maximum atomic E-state index is 13.5. The van der Waals surface area contributed by atoms with Crippen molar-refractivity contribution in [3.63, 3.8) is 0 Å². The lowest BCUT2D eigenvalue weighted by Crippen LogP contribution is -2.38. The van der Waals surface area contributed by atoms with Gasteiger partial charge in [0.05, 0.1) is 5.69 Å².